The maximum atomic E-state index is 12.3. The molecular formula is C20H15N3O6. The van der Waals surface area contributed by atoms with E-state index in [-0.39, 0.29) is 12.1 Å². The molecule has 0 heterocycles. The maximum absolute atomic E-state index is 12.3. The van der Waals surface area contributed by atoms with E-state index in [4.69, 9.17) is 4.74 Å². The smallest absolute Gasteiger partial charge is 0.277 e. The number of amides is 1. The number of nitrogens with zero attached hydrogens (tertiary/aromatic N) is 2. The quantitative estimate of drug-likeness (QED) is 0.473. The van der Waals surface area contributed by atoms with Crippen LogP contribution in [0.5, 0.6) is 11.5 Å². The van der Waals surface area contributed by atoms with E-state index in [9.17, 15) is 25.0 Å². The van der Waals surface area contributed by atoms with Gasteiger partial charge in [0.2, 0.25) is 0 Å². The molecule has 1 amide bonds. The Kier molecular flexibility index (Phi) is 5.79. The van der Waals surface area contributed by atoms with E-state index in [0.29, 0.717) is 11.5 Å². The Balaban J connectivity index is 1.66. The van der Waals surface area contributed by atoms with Crippen LogP contribution >= 0.6 is 0 Å². The zero-order chi connectivity index (χ0) is 20.8. The van der Waals surface area contributed by atoms with Crippen LogP contribution in [0.25, 0.3) is 0 Å². The number of ether oxygens (including phenoxy) is 1. The van der Waals surface area contributed by atoms with Crippen LogP contribution in [0.15, 0.2) is 72.8 Å². The van der Waals surface area contributed by atoms with Crippen molar-refractivity contribution in [3.63, 3.8) is 0 Å². The summed E-state index contributed by atoms with van der Waals surface area (Å²) in [7, 11) is 0. The van der Waals surface area contributed by atoms with Gasteiger partial charge < -0.3 is 10.1 Å². The summed E-state index contributed by atoms with van der Waals surface area (Å²) in [6, 6.07) is 19.1. The zero-order valence-corrected chi connectivity index (χ0v) is 15.0. The van der Waals surface area contributed by atoms with Gasteiger partial charge in [-0.25, -0.2) is 0 Å². The Morgan fingerprint density at radius 3 is 1.93 bits per heavy atom. The molecule has 0 aromatic heterocycles. The molecule has 1 N–H and O–H groups in total. The first-order valence-electron chi connectivity index (χ1n) is 8.46. The van der Waals surface area contributed by atoms with Crippen LogP contribution in [0.3, 0.4) is 0 Å². The minimum atomic E-state index is -0.782. The Hall–Kier alpha value is -4.27. The van der Waals surface area contributed by atoms with Gasteiger partial charge in [0.25, 0.3) is 17.3 Å². The molecule has 0 saturated carbocycles. The molecule has 9 nitrogen and oxygen atoms in total. The van der Waals surface area contributed by atoms with E-state index in [2.05, 4.69) is 5.32 Å². The van der Waals surface area contributed by atoms with E-state index >= 15 is 0 Å². The van der Waals surface area contributed by atoms with Crippen molar-refractivity contribution in [3.8, 4) is 11.5 Å². The summed E-state index contributed by atoms with van der Waals surface area (Å²) in [4.78, 5) is 32.6. The SMILES string of the molecule is O=C(NCc1ccc(Oc2ccccc2)cc1)c1cc([N+](=O)[O-])cc([N+](=O)[O-])c1. The third kappa shape index (κ3) is 5.13. The molecule has 0 radical (unpaired) electrons. The van der Waals surface area contributed by atoms with Gasteiger partial charge in [0.15, 0.2) is 0 Å². The molecule has 3 rings (SSSR count). The second-order valence-electron chi connectivity index (χ2n) is 5.99. The highest BCUT2D eigenvalue weighted by Crippen LogP contribution is 2.23. The van der Waals surface area contributed by atoms with Crippen molar-refractivity contribution in [2.24, 2.45) is 0 Å². The highest BCUT2D eigenvalue weighted by Gasteiger charge is 2.19. The van der Waals surface area contributed by atoms with E-state index in [1.165, 1.54) is 0 Å². The highest BCUT2D eigenvalue weighted by molar-refractivity contribution is 5.95. The number of rotatable bonds is 7. The lowest BCUT2D eigenvalue weighted by Crippen LogP contribution is -2.23. The lowest BCUT2D eigenvalue weighted by Gasteiger charge is -2.08. The summed E-state index contributed by atoms with van der Waals surface area (Å²) >= 11 is 0. The van der Waals surface area contributed by atoms with Crippen LogP contribution < -0.4 is 10.1 Å². The van der Waals surface area contributed by atoms with Gasteiger partial charge >= 0.3 is 0 Å². The molecule has 29 heavy (non-hydrogen) atoms. The van der Waals surface area contributed by atoms with Crippen LogP contribution in [0.1, 0.15) is 15.9 Å². The number of non-ortho nitro benzene ring substituents is 2. The van der Waals surface area contributed by atoms with E-state index < -0.39 is 27.1 Å². The lowest BCUT2D eigenvalue weighted by molar-refractivity contribution is -0.394. The van der Waals surface area contributed by atoms with Crippen molar-refractivity contribution in [2.75, 3.05) is 0 Å². The maximum Gasteiger partial charge on any atom is 0.277 e. The third-order valence-corrected chi connectivity index (χ3v) is 3.94. The van der Waals surface area contributed by atoms with Crippen molar-refractivity contribution >= 4 is 17.3 Å². The molecule has 146 valence electrons. The molecule has 0 saturated heterocycles. The molecule has 0 aliphatic heterocycles. The van der Waals surface area contributed by atoms with Crippen molar-refractivity contribution in [1.29, 1.82) is 0 Å². The minimum Gasteiger partial charge on any atom is -0.457 e. The van der Waals surface area contributed by atoms with Crippen molar-refractivity contribution in [2.45, 2.75) is 6.54 Å². The van der Waals surface area contributed by atoms with Crippen molar-refractivity contribution < 1.29 is 19.4 Å². The molecule has 0 unspecified atom stereocenters. The predicted octanol–water partition coefficient (Wildman–Crippen LogP) is 4.23. The van der Waals surface area contributed by atoms with Crippen molar-refractivity contribution in [1.82, 2.24) is 5.32 Å². The predicted molar refractivity (Wildman–Crippen MR) is 104 cm³/mol. The molecule has 0 aliphatic rings. The number of hydrogen-bond acceptors (Lipinski definition) is 6. The van der Waals surface area contributed by atoms with Crippen LogP contribution in [-0.2, 0) is 6.54 Å². The van der Waals surface area contributed by atoms with Crippen LogP contribution in [0.4, 0.5) is 11.4 Å². The Morgan fingerprint density at radius 1 is 0.828 bits per heavy atom. The number of carbonyl (C=O) groups is 1. The molecule has 0 aliphatic carbocycles. The first-order valence-corrected chi connectivity index (χ1v) is 8.46. The average molecular weight is 393 g/mol. The molecular weight excluding hydrogens is 378 g/mol. The Bertz CT molecular complexity index is 1020. The molecule has 0 spiro atoms. The van der Waals surface area contributed by atoms with Gasteiger partial charge in [-0.3, -0.25) is 25.0 Å². The molecule has 9 heteroatoms. The van der Waals surface area contributed by atoms with Gasteiger partial charge in [0, 0.05) is 18.7 Å². The van der Waals surface area contributed by atoms with Gasteiger partial charge in [-0.15, -0.1) is 0 Å². The fourth-order valence-corrected chi connectivity index (χ4v) is 2.52. The highest BCUT2D eigenvalue weighted by atomic mass is 16.6. The fourth-order valence-electron chi connectivity index (χ4n) is 2.52. The van der Waals surface area contributed by atoms with E-state index in [0.717, 1.165) is 23.8 Å². The first-order chi connectivity index (χ1) is 13.9. The molecule has 0 fully saturated rings. The van der Waals surface area contributed by atoms with E-state index in [1.54, 1.807) is 24.3 Å². The summed E-state index contributed by atoms with van der Waals surface area (Å²) in [6.45, 7) is 0.140. The topological polar surface area (TPSA) is 125 Å². The van der Waals surface area contributed by atoms with Crippen molar-refractivity contribution in [3.05, 3.63) is 104 Å². The molecule has 0 atom stereocenters. The van der Waals surface area contributed by atoms with Crippen LogP contribution in [0, 0.1) is 20.2 Å². The second kappa shape index (κ2) is 8.61. The normalized spacial score (nSPS) is 10.2. The summed E-state index contributed by atoms with van der Waals surface area (Å²) in [6.07, 6.45) is 0. The first kappa shape index (κ1) is 19.5. The van der Waals surface area contributed by atoms with E-state index in [1.807, 2.05) is 30.3 Å². The number of hydrogen-bond donors (Lipinski definition) is 1. The summed E-state index contributed by atoms with van der Waals surface area (Å²) in [5.74, 6) is 0.669. The Labute approximate surface area is 164 Å². The summed E-state index contributed by atoms with van der Waals surface area (Å²) in [5.41, 5.74) is -0.438. The summed E-state index contributed by atoms with van der Waals surface area (Å²) < 4.78 is 5.68. The number of nitrogens with one attached hydrogen (secondary N) is 1. The van der Waals surface area contributed by atoms with Crippen LogP contribution in [-0.4, -0.2) is 15.8 Å². The monoisotopic (exact) mass is 393 g/mol. The summed E-state index contributed by atoms with van der Waals surface area (Å²) in [5, 5.41) is 24.5. The van der Waals surface area contributed by atoms with Gasteiger partial charge in [0.05, 0.1) is 21.5 Å². The number of nitro groups is 2. The largest absolute Gasteiger partial charge is 0.457 e. The molecule has 3 aromatic carbocycles. The second-order valence-corrected chi connectivity index (χ2v) is 5.99. The zero-order valence-electron chi connectivity index (χ0n) is 15.0. The minimum absolute atomic E-state index is 0.140. The van der Waals surface area contributed by atoms with Gasteiger partial charge in [0.1, 0.15) is 11.5 Å². The van der Waals surface area contributed by atoms with Gasteiger partial charge in [-0.05, 0) is 29.8 Å². The Morgan fingerprint density at radius 2 is 1.38 bits per heavy atom. The third-order valence-electron chi connectivity index (χ3n) is 3.94. The van der Waals surface area contributed by atoms with Gasteiger partial charge in [-0.1, -0.05) is 30.3 Å². The standard InChI is InChI=1S/C20H15N3O6/c24-20(15-10-16(22(25)26)12-17(11-15)23(27)28)21-13-14-6-8-19(9-7-14)29-18-4-2-1-3-5-18/h1-12H,13H2,(H,21,24). The van der Waals surface area contributed by atoms with Gasteiger partial charge in [-0.2, -0.15) is 0 Å². The number of carbonyl (C=O) groups excluding carboxylic acids is 1. The molecule has 0 bridgehead atoms. The van der Waals surface area contributed by atoms with Crippen LogP contribution in [0.2, 0.25) is 0 Å². The number of para-hydroxylation sites is 1. The number of nitro benzene ring substituents is 2. The average Bonchev–Trinajstić information content (AvgIpc) is 2.73. The molecule has 3 aromatic rings. The number of benzene rings is 3. The lowest BCUT2D eigenvalue weighted by atomic mass is 10.1. The fraction of sp³-hybridized carbons (Fsp3) is 0.0500.